The number of aliphatic hydroxyl groups excluding tert-OH is 1. The van der Waals surface area contributed by atoms with Gasteiger partial charge in [-0.15, -0.1) is 5.10 Å². The number of aliphatic hydroxyl groups is 1. The number of piperazine rings is 1. The minimum Gasteiger partial charge on any atom is -0.492 e. The third kappa shape index (κ3) is 4.40. The van der Waals surface area contributed by atoms with Gasteiger partial charge in [0.15, 0.2) is 5.82 Å². The van der Waals surface area contributed by atoms with Crippen molar-refractivity contribution in [2.24, 2.45) is 0 Å². The molecule has 4 rings (SSSR count). The average molecular weight is 456 g/mol. The van der Waals surface area contributed by atoms with E-state index in [0.29, 0.717) is 47.3 Å². The Bertz CT molecular complexity index is 1030. The van der Waals surface area contributed by atoms with Crippen LogP contribution in [-0.4, -0.2) is 73.9 Å². The minimum absolute atomic E-state index is 0.0325. The second-order valence-corrected chi connectivity index (χ2v) is 8.50. The maximum Gasteiger partial charge on any atom is 0.416 e. The van der Waals surface area contributed by atoms with Crippen molar-refractivity contribution >= 4 is 16.3 Å². The Morgan fingerprint density at radius 3 is 2.35 bits per heavy atom. The largest absolute Gasteiger partial charge is 0.492 e. The molecule has 31 heavy (non-hydrogen) atoms. The fourth-order valence-corrected chi connectivity index (χ4v) is 5.02. The van der Waals surface area contributed by atoms with Gasteiger partial charge in [0.25, 0.3) is 0 Å². The van der Waals surface area contributed by atoms with Crippen LogP contribution in [0.15, 0.2) is 24.3 Å². The Morgan fingerprint density at radius 1 is 1.13 bits per heavy atom. The van der Waals surface area contributed by atoms with E-state index in [0.717, 1.165) is 25.2 Å². The van der Waals surface area contributed by atoms with Gasteiger partial charge in [-0.3, -0.25) is 9.80 Å². The number of nitrogens with zero attached hydrogens (tertiary/aromatic N) is 5. The molecule has 1 atom stereocenters. The molecule has 0 amide bonds. The number of halogens is 3. The van der Waals surface area contributed by atoms with Crippen molar-refractivity contribution in [3.8, 4) is 5.88 Å². The highest BCUT2D eigenvalue weighted by molar-refractivity contribution is 7.17. The van der Waals surface area contributed by atoms with E-state index < -0.39 is 17.8 Å². The summed E-state index contributed by atoms with van der Waals surface area (Å²) in [6.07, 6.45) is -3.77. The van der Waals surface area contributed by atoms with Crippen LogP contribution in [0.25, 0.3) is 4.96 Å². The molecule has 1 aliphatic rings. The standard InChI is InChI=1S/C20H24F3N5O2S/c1-2-15-24-19-28(25-15)18(30)17(31-19)16(27-9-7-26(8-10-27)11-12-29)13-3-5-14(6-4-13)20(21,22)23/h3-6,16,29-30H,2,7-12H2,1H3/t16-/m0/s1. The molecule has 11 heteroatoms. The second kappa shape index (κ2) is 8.73. The molecule has 3 heterocycles. The first-order chi connectivity index (χ1) is 14.8. The number of aromatic nitrogens is 3. The number of benzene rings is 1. The lowest BCUT2D eigenvalue weighted by atomic mass is 10.0. The number of β-amino-alcohol motifs (C(OH)–C–C–N with tert-alkyl or cyclic N) is 1. The highest BCUT2D eigenvalue weighted by atomic mass is 32.1. The summed E-state index contributed by atoms with van der Waals surface area (Å²) < 4.78 is 40.6. The molecule has 1 fully saturated rings. The molecule has 1 aliphatic heterocycles. The molecular formula is C20H24F3N5O2S. The fourth-order valence-electron chi connectivity index (χ4n) is 3.89. The summed E-state index contributed by atoms with van der Waals surface area (Å²) >= 11 is 1.30. The van der Waals surface area contributed by atoms with Gasteiger partial charge in [-0.05, 0) is 17.7 Å². The quantitative estimate of drug-likeness (QED) is 0.595. The van der Waals surface area contributed by atoms with Gasteiger partial charge in [0.05, 0.1) is 23.1 Å². The van der Waals surface area contributed by atoms with E-state index in [2.05, 4.69) is 19.9 Å². The zero-order chi connectivity index (χ0) is 22.2. The molecular weight excluding hydrogens is 431 g/mol. The van der Waals surface area contributed by atoms with E-state index in [1.807, 2.05) is 6.92 Å². The molecule has 3 aromatic rings. The van der Waals surface area contributed by atoms with E-state index in [1.54, 1.807) is 0 Å². The fraction of sp³-hybridized carbons (Fsp3) is 0.500. The highest BCUT2D eigenvalue weighted by Gasteiger charge is 2.34. The average Bonchev–Trinajstić information content (AvgIpc) is 3.29. The number of thiazole rings is 1. The molecule has 2 N–H and O–H groups in total. The highest BCUT2D eigenvalue weighted by Crippen LogP contribution is 2.41. The Morgan fingerprint density at radius 2 is 1.81 bits per heavy atom. The van der Waals surface area contributed by atoms with E-state index in [9.17, 15) is 23.4 Å². The van der Waals surface area contributed by atoms with E-state index in [4.69, 9.17) is 0 Å². The lowest BCUT2D eigenvalue weighted by Crippen LogP contribution is -2.48. The lowest BCUT2D eigenvalue weighted by molar-refractivity contribution is -0.137. The van der Waals surface area contributed by atoms with Crippen molar-refractivity contribution in [1.82, 2.24) is 24.4 Å². The van der Waals surface area contributed by atoms with E-state index in [1.165, 1.54) is 28.0 Å². The summed E-state index contributed by atoms with van der Waals surface area (Å²) in [5.74, 6) is 0.590. The summed E-state index contributed by atoms with van der Waals surface area (Å²) in [6, 6.07) is 4.68. The van der Waals surface area contributed by atoms with Crippen LogP contribution in [0.1, 0.15) is 34.8 Å². The van der Waals surface area contributed by atoms with Crippen LogP contribution < -0.4 is 0 Å². The van der Waals surface area contributed by atoms with Crippen molar-refractivity contribution in [3.63, 3.8) is 0 Å². The minimum atomic E-state index is -4.41. The first-order valence-electron chi connectivity index (χ1n) is 10.1. The van der Waals surface area contributed by atoms with Crippen molar-refractivity contribution in [2.75, 3.05) is 39.3 Å². The van der Waals surface area contributed by atoms with Gasteiger partial charge in [-0.1, -0.05) is 30.4 Å². The predicted octanol–water partition coefficient (Wildman–Crippen LogP) is 2.78. The van der Waals surface area contributed by atoms with Crippen LogP contribution in [0.3, 0.4) is 0 Å². The zero-order valence-electron chi connectivity index (χ0n) is 17.0. The maximum absolute atomic E-state index is 13.1. The van der Waals surface area contributed by atoms with Gasteiger partial charge >= 0.3 is 6.18 Å². The van der Waals surface area contributed by atoms with Crippen molar-refractivity contribution in [3.05, 3.63) is 46.1 Å². The first kappa shape index (κ1) is 22.0. The maximum atomic E-state index is 13.1. The summed E-state index contributed by atoms with van der Waals surface area (Å²) in [7, 11) is 0. The van der Waals surface area contributed by atoms with Crippen LogP contribution in [0.5, 0.6) is 5.88 Å². The Labute approximate surface area is 181 Å². The Balaban J connectivity index is 1.71. The SMILES string of the molecule is CCc1nc2sc([C@H](c3ccc(C(F)(F)F)cc3)N3CCN(CCO)CC3)c(O)n2n1. The smallest absolute Gasteiger partial charge is 0.416 e. The molecule has 0 saturated carbocycles. The van der Waals surface area contributed by atoms with E-state index in [-0.39, 0.29) is 12.5 Å². The second-order valence-electron chi connectivity index (χ2n) is 7.49. The Hall–Kier alpha value is -2.21. The topological polar surface area (TPSA) is 77.1 Å². The van der Waals surface area contributed by atoms with Crippen LogP contribution in [0.4, 0.5) is 13.2 Å². The molecule has 0 aliphatic carbocycles. The normalized spacial score (nSPS) is 17.5. The van der Waals surface area contributed by atoms with Gasteiger partial charge < -0.3 is 10.2 Å². The zero-order valence-corrected chi connectivity index (χ0v) is 17.8. The molecule has 0 unspecified atom stereocenters. The van der Waals surface area contributed by atoms with Gasteiger partial charge in [0.1, 0.15) is 0 Å². The molecule has 2 aromatic heterocycles. The molecule has 0 radical (unpaired) electrons. The van der Waals surface area contributed by atoms with Gasteiger partial charge in [0, 0.05) is 39.1 Å². The molecule has 168 valence electrons. The molecule has 0 bridgehead atoms. The summed E-state index contributed by atoms with van der Waals surface area (Å²) in [4.78, 5) is 9.86. The van der Waals surface area contributed by atoms with Crippen molar-refractivity contribution < 1.29 is 23.4 Å². The van der Waals surface area contributed by atoms with E-state index >= 15 is 0 Å². The van der Waals surface area contributed by atoms with Crippen LogP contribution in [-0.2, 0) is 12.6 Å². The number of alkyl halides is 3. The van der Waals surface area contributed by atoms with Gasteiger partial charge in [-0.25, -0.2) is 4.98 Å². The van der Waals surface area contributed by atoms with Crippen molar-refractivity contribution in [1.29, 1.82) is 0 Å². The molecule has 1 aromatic carbocycles. The first-order valence-corrected chi connectivity index (χ1v) is 10.9. The van der Waals surface area contributed by atoms with Gasteiger partial charge in [0.2, 0.25) is 10.8 Å². The number of hydrogen-bond donors (Lipinski definition) is 2. The number of fused-ring (bicyclic) bond motifs is 1. The van der Waals surface area contributed by atoms with Crippen LogP contribution in [0.2, 0.25) is 0 Å². The number of hydrogen-bond acceptors (Lipinski definition) is 7. The number of aromatic hydroxyl groups is 1. The van der Waals surface area contributed by atoms with Crippen LogP contribution in [0, 0.1) is 0 Å². The monoisotopic (exact) mass is 455 g/mol. The number of aryl methyl sites for hydroxylation is 1. The van der Waals surface area contributed by atoms with Crippen LogP contribution >= 0.6 is 11.3 Å². The summed E-state index contributed by atoms with van der Waals surface area (Å²) in [6.45, 7) is 5.34. The molecule has 1 saturated heterocycles. The lowest BCUT2D eigenvalue weighted by Gasteiger charge is -2.39. The van der Waals surface area contributed by atoms with Crippen molar-refractivity contribution in [2.45, 2.75) is 25.6 Å². The molecule has 0 spiro atoms. The predicted molar refractivity (Wildman–Crippen MR) is 110 cm³/mol. The third-order valence-electron chi connectivity index (χ3n) is 5.55. The van der Waals surface area contributed by atoms with Gasteiger partial charge in [-0.2, -0.15) is 17.7 Å². The molecule has 7 nitrogen and oxygen atoms in total. The third-order valence-corrected chi connectivity index (χ3v) is 6.62. The Kier molecular flexibility index (Phi) is 6.20. The number of rotatable bonds is 6. The summed E-state index contributed by atoms with van der Waals surface area (Å²) in [5.41, 5.74) is -0.0404. The summed E-state index contributed by atoms with van der Waals surface area (Å²) in [5, 5.41) is 24.4.